The SMILES string of the molecule is O=C(CSc1nnc(-c2ccncc2)n1-c1ccc(Cl)cc1)N/N=C\c1cccnc1. The van der Waals surface area contributed by atoms with E-state index in [0.717, 1.165) is 16.8 Å². The highest BCUT2D eigenvalue weighted by molar-refractivity contribution is 7.99. The number of hydrogen-bond donors (Lipinski definition) is 1. The number of carbonyl (C=O) groups excluding carboxylic acids is 1. The van der Waals surface area contributed by atoms with Gasteiger partial charge in [-0.2, -0.15) is 5.10 Å². The number of hydrogen-bond acceptors (Lipinski definition) is 7. The van der Waals surface area contributed by atoms with E-state index in [9.17, 15) is 4.79 Å². The predicted molar refractivity (Wildman–Crippen MR) is 120 cm³/mol. The van der Waals surface area contributed by atoms with Gasteiger partial charge in [0.2, 0.25) is 0 Å². The normalized spacial score (nSPS) is 11.0. The van der Waals surface area contributed by atoms with Crippen molar-refractivity contribution in [2.24, 2.45) is 5.10 Å². The zero-order valence-corrected chi connectivity index (χ0v) is 17.7. The summed E-state index contributed by atoms with van der Waals surface area (Å²) in [5, 5.41) is 13.8. The summed E-state index contributed by atoms with van der Waals surface area (Å²) in [7, 11) is 0. The number of carbonyl (C=O) groups is 1. The molecule has 10 heteroatoms. The van der Waals surface area contributed by atoms with Crippen LogP contribution in [0.25, 0.3) is 17.1 Å². The van der Waals surface area contributed by atoms with Crippen molar-refractivity contribution in [2.75, 3.05) is 5.75 Å². The number of rotatable bonds is 7. The molecular formula is C21H16ClN7OS. The third kappa shape index (κ3) is 5.33. The molecule has 0 unspecified atom stereocenters. The molecule has 0 aliphatic rings. The second kappa shape index (κ2) is 9.96. The van der Waals surface area contributed by atoms with Crippen LogP contribution in [-0.2, 0) is 4.79 Å². The Kier molecular flexibility index (Phi) is 6.65. The molecular weight excluding hydrogens is 434 g/mol. The van der Waals surface area contributed by atoms with Gasteiger partial charge in [0.05, 0.1) is 12.0 Å². The summed E-state index contributed by atoms with van der Waals surface area (Å²) in [5.41, 5.74) is 4.99. The zero-order chi connectivity index (χ0) is 21.5. The summed E-state index contributed by atoms with van der Waals surface area (Å²) in [6.45, 7) is 0. The Morgan fingerprint density at radius 3 is 2.61 bits per heavy atom. The maximum atomic E-state index is 12.2. The molecule has 0 aliphatic heterocycles. The van der Waals surface area contributed by atoms with E-state index in [4.69, 9.17) is 11.6 Å². The van der Waals surface area contributed by atoms with E-state index in [2.05, 4.69) is 30.7 Å². The first kappa shape index (κ1) is 20.7. The van der Waals surface area contributed by atoms with Gasteiger partial charge in [-0.15, -0.1) is 10.2 Å². The number of halogens is 1. The third-order valence-corrected chi connectivity index (χ3v) is 5.26. The van der Waals surface area contributed by atoms with Crippen LogP contribution >= 0.6 is 23.4 Å². The molecule has 0 aliphatic carbocycles. The molecule has 0 spiro atoms. The quantitative estimate of drug-likeness (QED) is 0.263. The van der Waals surface area contributed by atoms with E-state index >= 15 is 0 Å². The molecule has 4 aromatic rings. The highest BCUT2D eigenvalue weighted by atomic mass is 35.5. The monoisotopic (exact) mass is 449 g/mol. The number of pyridine rings is 2. The summed E-state index contributed by atoms with van der Waals surface area (Å²) < 4.78 is 1.88. The number of hydrazone groups is 1. The van der Waals surface area contributed by atoms with E-state index in [-0.39, 0.29) is 11.7 Å². The highest BCUT2D eigenvalue weighted by Gasteiger charge is 2.17. The van der Waals surface area contributed by atoms with Crippen molar-refractivity contribution >= 4 is 35.5 Å². The van der Waals surface area contributed by atoms with Crippen LogP contribution in [0.2, 0.25) is 5.02 Å². The molecule has 4 rings (SSSR count). The fourth-order valence-electron chi connectivity index (χ4n) is 2.67. The summed E-state index contributed by atoms with van der Waals surface area (Å²) in [4.78, 5) is 20.3. The van der Waals surface area contributed by atoms with Gasteiger partial charge in [0, 0.05) is 46.6 Å². The van der Waals surface area contributed by atoms with E-state index in [1.807, 2.05) is 34.9 Å². The van der Waals surface area contributed by atoms with Gasteiger partial charge in [0.25, 0.3) is 5.91 Å². The maximum absolute atomic E-state index is 12.2. The van der Waals surface area contributed by atoms with Gasteiger partial charge in [0.1, 0.15) is 0 Å². The van der Waals surface area contributed by atoms with E-state index in [0.29, 0.717) is 16.0 Å². The number of nitrogens with zero attached hydrogens (tertiary/aromatic N) is 6. The lowest BCUT2D eigenvalue weighted by Gasteiger charge is -2.10. The van der Waals surface area contributed by atoms with E-state index in [1.165, 1.54) is 18.0 Å². The first-order chi connectivity index (χ1) is 15.2. The Bertz CT molecular complexity index is 1180. The zero-order valence-electron chi connectivity index (χ0n) is 16.1. The minimum atomic E-state index is -0.263. The van der Waals surface area contributed by atoms with Crippen LogP contribution in [0.15, 0.2) is 83.6 Å². The molecule has 0 fully saturated rings. The van der Waals surface area contributed by atoms with E-state index < -0.39 is 0 Å². The van der Waals surface area contributed by atoms with Gasteiger partial charge >= 0.3 is 0 Å². The first-order valence-corrected chi connectivity index (χ1v) is 10.5. The van der Waals surface area contributed by atoms with Crippen LogP contribution in [0.4, 0.5) is 0 Å². The Balaban J connectivity index is 1.51. The van der Waals surface area contributed by atoms with Crippen molar-refractivity contribution < 1.29 is 4.79 Å². The smallest absolute Gasteiger partial charge is 0.250 e. The van der Waals surface area contributed by atoms with Crippen molar-refractivity contribution in [3.05, 3.63) is 83.9 Å². The molecule has 0 saturated carbocycles. The van der Waals surface area contributed by atoms with Crippen LogP contribution in [0, 0.1) is 0 Å². The van der Waals surface area contributed by atoms with Gasteiger partial charge in [-0.25, -0.2) is 5.43 Å². The molecule has 0 radical (unpaired) electrons. The van der Waals surface area contributed by atoms with Crippen LogP contribution in [0.3, 0.4) is 0 Å². The fourth-order valence-corrected chi connectivity index (χ4v) is 3.54. The highest BCUT2D eigenvalue weighted by Crippen LogP contribution is 2.28. The van der Waals surface area contributed by atoms with Crippen molar-refractivity contribution in [3.63, 3.8) is 0 Å². The number of nitrogens with one attached hydrogen (secondary N) is 1. The molecule has 3 aromatic heterocycles. The van der Waals surface area contributed by atoms with Crippen molar-refractivity contribution in [2.45, 2.75) is 5.16 Å². The molecule has 0 bridgehead atoms. The van der Waals surface area contributed by atoms with Gasteiger partial charge < -0.3 is 0 Å². The Labute approximate surface area is 187 Å². The maximum Gasteiger partial charge on any atom is 0.250 e. The number of benzene rings is 1. The van der Waals surface area contributed by atoms with Crippen LogP contribution < -0.4 is 5.43 Å². The molecule has 154 valence electrons. The van der Waals surface area contributed by atoms with Gasteiger partial charge in [-0.1, -0.05) is 29.4 Å². The Morgan fingerprint density at radius 1 is 1.06 bits per heavy atom. The summed E-state index contributed by atoms with van der Waals surface area (Å²) in [6.07, 6.45) is 8.24. The van der Waals surface area contributed by atoms with Gasteiger partial charge in [-0.05, 0) is 42.5 Å². The van der Waals surface area contributed by atoms with Crippen LogP contribution in [0.1, 0.15) is 5.56 Å². The number of thioether (sulfide) groups is 1. The molecule has 8 nitrogen and oxygen atoms in total. The third-order valence-electron chi connectivity index (χ3n) is 4.08. The predicted octanol–water partition coefficient (Wildman–Crippen LogP) is 3.62. The Hall–Kier alpha value is -3.56. The molecule has 1 aromatic carbocycles. The molecule has 31 heavy (non-hydrogen) atoms. The minimum Gasteiger partial charge on any atom is -0.272 e. The van der Waals surface area contributed by atoms with Crippen molar-refractivity contribution in [1.29, 1.82) is 0 Å². The first-order valence-electron chi connectivity index (χ1n) is 9.17. The van der Waals surface area contributed by atoms with Gasteiger partial charge in [-0.3, -0.25) is 19.3 Å². The van der Waals surface area contributed by atoms with Crippen LogP contribution in [0.5, 0.6) is 0 Å². The molecule has 3 heterocycles. The molecule has 1 N–H and O–H groups in total. The van der Waals surface area contributed by atoms with Crippen molar-refractivity contribution in [3.8, 4) is 17.1 Å². The fraction of sp³-hybridized carbons (Fsp3) is 0.0476. The Morgan fingerprint density at radius 2 is 1.87 bits per heavy atom. The topological polar surface area (TPSA) is 98.0 Å². The second-order valence-electron chi connectivity index (χ2n) is 6.22. The number of aromatic nitrogens is 5. The second-order valence-corrected chi connectivity index (χ2v) is 7.60. The number of amides is 1. The lowest BCUT2D eigenvalue weighted by Crippen LogP contribution is -2.20. The van der Waals surface area contributed by atoms with Crippen LogP contribution in [-0.4, -0.2) is 42.6 Å². The molecule has 0 saturated heterocycles. The van der Waals surface area contributed by atoms with Gasteiger partial charge in [0.15, 0.2) is 11.0 Å². The summed E-state index contributed by atoms with van der Waals surface area (Å²) >= 11 is 7.30. The van der Waals surface area contributed by atoms with Crippen molar-refractivity contribution in [1.82, 2.24) is 30.2 Å². The lowest BCUT2D eigenvalue weighted by molar-refractivity contribution is -0.118. The standard InChI is InChI=1S/C21H16ClN7OS/c22-17-3-5-18(6-4-17)29-20(16-7-10-23-11-8-16)27-28-21(29)31-14-19(30)26-25-13-15-2-1-9-24-12-15/h1-13H,14H2,(H,26,30)/b25-13-. The van der Waals surface area contributed by atoms with E-state index in [1.54, 1.807) is 43.0 Å². The summed E-state index contributed by atoms with van der Waals surface area (Å²) in [6, 6.07) is 14.7. The largest absolute Gasteiger partial charge is 0.272 e. The average Bonchev–Trinajstić information content (AvgIpc) is 3.23. The lowest BCUT2D eigenvalue weighted by atomic mass is 10.2. The average molecular weight is 450 g/mol. The summed E-state index contributed by atoms with van der Waals surface area (Å²) in [5.74, 6) is 0.496. The minimum absolute atomic E-state index is 0.118. The molecule has 1 amide bonds. The molecule has 0 atom stereocenters.